The third-order valence-electron chi connectivity index (χ3n) is 5.77. The quantitative estimate of drug-likeness (QED) is 0.696. The van der Waals surface area contributed by atoms with Crippen LogP contribution in [-0.4, -0.2) is 68.9 Å². The number of nitrogens with zero attached hydrogens (tertiary/aromatic N) is 5. The summed E-state index contributed by atoms with van der Waals surface area (Å²) in [6, 6.07) is 6.27. The maximum absolute atomic E-state index is 13.1. The van der Waals surface area contributed by atoms with Gasteiger partial charge in [-0.05, 0) is 36.6 Å². The second-order valence-electron chi connectivity index (χ2n) is 7.88. The standard InChI is InChI=1S/C19H24N6O4S/c20-18(27)13-5-7-14(8-6-13)19-21-23-24(22-19)11-17(26)25(15-3-1-2-4-15)16-9-10-30(28,29)12-16/h5-8,15-16H,1-4,9-12H2,(H2,20,27)/t16-/m0/s1. The van der Waals surface area contributed by atoms with E-state index in [0.717, 1.165) is 25.7 Å². The third-order valence-corrected chi connectivity index (χ3v) is 7.52. The molecule has 0 spiro atoms. The van der Waals surface area contributed by atoms with Crippen LogP contribution in [0.3, 0.4) is 0 Å². The van der Waals surface area contributed by atoms with Gasteiger partial charge in [0.2, 0.25) is 17.6 Å². The van der Waals surface area contributed by atoms with Gasteiger partial charge in [-0.3, -0.25) is 9.59 Å². The minimum atomic E-state index is -3.10. The van der Waals surface area contributed by atoms with E-state index in [-0.39, 0.29) is 36.0 Å². The number of tetrazole rings is 1. The topological polar surface area (TPSA) is 141 Å². The van der Waals surface area contributed by atoms with E-state index < -0.39 is 15.7 Å². The number of amides is 2. The van der Waals surface area contributed by atoms with Gasteiger partial charge < -0.3 is 10.6 Å². The van der Waals surface area contributed by atoms with Crippen molar-refractivity contribution in [3.63, 3.8) is 0 Å². The molecule has 0 radical (unpaired) electrons. The predicted octanol–water partition coefficient (Wildman–Crippen LogP) is 0.397. The zero-order valence-corrected chi connectivity index (χ0v) is 17.3. The molecule has 2 heterocycles. The Morgan fingerprint density at radius 1 is 1.10 bits per heavy atom. The Hall–Kier alpha value is -2.82. The van der Waals surface area contributed by atoms with E-state index in [9.17, 15) is 18.0 Å². The Bertz CT molecular complexity index is 1040. The largest absolute Gasteiger partial charge is 0.366 e. The Morgan fingerprint density at radius 2 is 1.80 bits per heavy atom. The summed E-state index contributed by atoms with van der Waals surface area (Å²) in [5.74, 6) is -0.227. The molecule has 0 bridgehead atoms. The highest BCUT2D eigenvalue weighted by Gasteiger charge is 2.39. The molecular weight excluding hydrogens is 408 g/mol. The van der Waals surface area contributed by atoms with Crippen LogP contribution >= 0.6 is 0 Å². The Morgan fingerprint density at radius 3 is 2.40 bits per heavy atom. The minimum absolute atomic E-state index is 0.0253. The molecule has 11 heteroatoms. The van der Waals surface area contributed by atoms with Crippen molar-refractivity contribution in [3.8, 4) is 11.4 Å². The molecule has 1 atom stereocenters. The summed E-state index contributed by atoms with van der Waals surface area (Å²) in [4.78, 5) is 27.3. The van der Waals surface area contributed by atoms with Gasteiger partial charge in [-0.2, -0.15) is 4.80 Å². The monoisotopic (exact) mass is 432 g/mol. The van der Waals surface area contributed by atoms with E-state index in [1.54, 1.807) is 29.2 Å². The van der Waals surface area contributed by atoms with Gasteiger partial charge in [0.1, 0.15) is 6.54 Å². The van der Waals surface area contributed by atoms with Crippen molar-refractivity contribution in [2.24, 2.45) is 5.73 Å². The molecule has 2 amide bonds. The number of aromatic nitrogens is 4. The van der Waals surface area contributed by atoms with E-state index in [4.69, 9.17) is 5.73 Å². The average Bonchev–Trinajstić information content (AvgIpc) is 3.44. The lowest BCUT2D eigenvalue weighted by Gasteiger charge is -2.33. The van der Waals surface area contributed by atoms with Gasteiger partial charge in [0, 0.05) is 23.2 Å². The van der Waals surface area contributed by atoms with Crippen molar-refractivity contribution >= 4 is 21.7 Å². The first kappa shape index (κ1) is 20.5. The fourth-order valence-corrected chi connectivity index (χ4v) is 6.01. The van der Waals surface area contributed by atoms with E-state index in [0.29, 0.717) is 23.4 Å². The molecule has 1 aliphatic carbocycles. The van der Waals surface area contributed by atoms with E-state index in [1.165, 1.54) is 4.80 Å². The second-order valence-corrected chi connectivity index (χ2v) is 10.1. The molecule has 2 fully saturated rings. The van der Waals surface area contributed by atoms with Crippen molar-refractivity contribution < 1.29 is 18.0 Å². The molecule has 1 aliphatic heterocycles. The zero-order chi connectivity index (χ0) is 21.3. The van der Waals surface area contributed by atoms with Gasteiger partial charge >= 0.3 is 0 Å². The van der Waals surface area contributed by atoms with Crippen LogP contribution in [0.25, 0.3) is 11.4 Å². The minimum Gasteiger partial charge on any atom is -0.366 e. The number of benzene rings is 1. The fourth-order valence-electron chi connectivity index (χ4n) is 4.29. The molecule has 160 valence electrons. The lowest BCUT2D eigenvalue weighted by atomic mass is 10.1. The summed E-state index contributed by atoms with van der Waals surface area (Å²) in [5.41, 5.74) is 6.27. The smallest absolute Gasteiger partial charge is 0.248 e. The maximum atomic E-state index is 13.1. The third kappa shape index (κ3) is 4.35. The summed E-state index contributed by atoms with van der Waals surface area (Å²) in [7, 11) is -3.10. The van der Waals surface area contributed by atoms with Crippen molar-refractivity contribution in [1.82, 2.24) is 25.1 Å². The first-order valence-corrected chi connectivity index (χ1v) is 11.8. The van der Waals surface area contributed by atoms with E-state index in [2.05, 4.69) is 15.4 Å². The number of primary amides is 1. The molecule has 10 nitrogen and oxygen atoms in total. The average molecular weight is 433 g/mol. The molecule has 2 aliphatic rings. The first-order chi connectivity index (χ1) is 14.3. The maximum Gasteiger partial charge on any atom is 0.248 e. The Balaban J connectivity index is 1.49. The molecule has 1 saturated heterocycles. The molecule has 1 aromatic carbocycles. The van der Waals surface area contributed by atoms with Crippen molar-refractivity contribution in [2.75, 3.05) is 11.5 Å². The van der Waals surface area contributed by atoms with Gasteiger partial charge in [-0.25, -0.2) is 8.42 Å². The summed E-state index contributed by atoms with van der Waals surface area (Å²) in [6.45, 7) is -0.0978. The lowest BCUT2D eigenvalue weighted by Crippen LogP contribution is -2.48. The molecule has 1 saturated carbocycles. The Labute approximate surface area is 174 Å². The highest BCUT2D eigenvalue weighted by molar-refractivity contribution is 7.91. The number of hydrogen-bond acceptors (Lipinski definition) is 7. The molecule has 4 rings (SSSR count). The summed E-state index contributed by atoms with van der Waals surface area (Å²) in [5, 5.41) is 12.2. The normalized spacial score (nSPS) is 21.0. The van der Waals surface area contributed by atoms with Crippen LogP contribution in [0.2, 0.25) is 0 Å². The lowest BCUT2D eigenvalue weighted by molar-refractivity contribution is -0.136. The molecule has 2 N–H and O–H groups in total. The summed E-state index contributed by atoms with van der Waals surface area (Å²) in [6.07, 6.45) is 4.35. The summed E-state index contributed by atoms with van der Waals surface area (Å²) >= 11 is 0. The number of carbonyl (C=O) groups excluding carboxylic acids is 2. The van der Waals surface area contributed by atoms with Gasteiger partial charge in [0.05, 0.1) is 11.5 Å². The Kier molecular flexibility index (Phi) is 5.54. The molecular formula is C19H24N6O4S. The number of sulfone groups is 1. The van der Waals surface area contributed by atoms with Gasteiger partial charge in [0.25, 0.3) is 0 Å². The first-order valence-electron chi connectivity index (χ1n) is 10.0. The fraction of sp³-hybridized carbons (Fsp3) is 0.526. The van der Waals surface area contributed by atoms with Crippen LogP contribution in [-0.2, 0) is 21.2 Å². The van der Waals surface area contributed by atoms with Crippen LogP contribution in [0.1, 0.15) is 42.5 Å². The van der Waals surface area contributed by atoms with Crippen LogP contribution in [0.15, 0.2) is 24.3 Å². The van der Waals surface area contributed by atoms with Crippen molar-refractivity contribution in [3.05, 3.63) is 29.8 Å². The highest BCUT2D eigenvalue weighted by atomic mass is 32.2. The predicted molar refractivity (Wildman–Crippen MR) is 108 cm³/mol. The van der Waals surface area contributed by atoms with Crippen LogP contribution in [0.5, 0.6) is 0 Å². The van der Waals surface area contributed by atoms with E-state index >= 15 is 0 Å². The molecule has 30 heavy (non-hydrogen) atoms. The molecule has 2 aromatic rings. The SMILES string of the molecule is NC(=O)c1ccc(-c2nnn(CC(=O)N(C3CCCC3)[C@H]3CCS(=O)(=O)C3)n2)cc1. The van der Waals surface area contributed by atoms with Gasteiger partial charge in [0.15, 0.2) is 9.84 Å². The zero-order valence-electron chi connectivity index (χ0n) is 16.5. The number of rotatable bonds is 6. The van der Waals surface area contributed by atoms with E-state index in [1.807, 2.05) is 0 Å². The van der Waals surface area contributed by atoms with Crippen molar-refractivity contribution in [1.29, 1.82) is 0 Å². The second kappa shape index (κ2) is 8.13. The summed E-state index contributed by atoms with van der Waals surface area (Å²) < 4.78 is 23.9. The number of nitrogens with two attached hydrogens (primary N) is 1. The molecule has 0 unspecified atom stereocenters. The molecule has 1 aromatic heterocycles. The van der Waals surface area contributed by atoms with Gasteiger partial charge in [-0.1, -0.05) is 25.0 Å². The van der Waals surface area contributed by atoms with Crippen LogP contribution < -0.4 is 5.73 Å². The highest BCUT2D eigenvalue weighted by Crippen LogP contribution is 2.29. The number of hydrogen-bond donors (Lipinski definition) is 1. The van der Waals surface area contributed by atoms with Crippen LogP contribution in [0.4, 0.5) is 0 Å². The number of carbonyl (C=O) groups is 2. The van der Waals surface area contributed by atoms with Gasteiger partial charge in [-0.15, -0.1) is 10.2 Å². The van der Waals surface area contributed by atoms with Crippen LogP contribution in [0, 0.1) is 0 Å². The van der Waals surface area contributed by atoms with Crippen molar-refractivity contribution in [2.45, 2.75) is 50.7 Å².